The number of aryl methyl sites for hydroxylation is 1. The van der Waals surface area contributed by atoms with E-state index in [1.165, 1.54) is 0 Å². The number of rotatable bonds is 2. The number of anilines is 1. The van der Waals surface area contributed by atoms with Crippen molar-refractivity contribution in [3.63, 3.8) is 0 Å². The van der Waals surface area contributed by atoms with E-state index in [1.807, 2.05) is 25.1 Å². The Hall–Kier alpha value is -2.29. The van der Waals surface area contributed by atoms with Crippen molar-refractivity contribution in [3.8, 4) is 5.75 Å². The fraction of sp³-hybridized carbons (Fsp3) is 0.333. The molecule has 2 heterocycles. The fourth-order valence-corrected chi connectivity index (χ4v) is 4.07. The van der Waals surface area contributed by atoms with Gasteiger partial charge in [0.25, 0.3) is 0 Å². The number of hydrazine groups is 1. The lowest BCUT2D eigenvalue weighted by Gasteiger charge is -2.37. The Balaban J connectivity index is 1.96. The molecule has 7 nitrogen and oxygen atoms in total. The monoisotopic (exact) mass is 376 g/mol. The van der Waals surface area contributed by atoms with Crippen molar-refractivity contribution >= 4 is 21.8 Å². The predicted molar refractivity (Wildman–Crippen MR) is 97.8 cm³/mol. The quantitative estimate of drug-likeness (QED) is 0.765. The molecule has 138 valence electrons. The van der Waals surface area contributed by atoms with E-state index in [-0.39, 0.29) is 5.75 Å². The zero-order valence-corrected chi connectivity index (χ0v) is 15.1. The van der Waals surface area contributed by atoms with Gasteiger partial charge in [0.05, 0.1) is 23.1 Å². The zero-order chi connectivity index (χ0) is 18.5. The molecule has 0 bridgehead atoms. The van der Waals surface area contributed by atoms with Crippen LogP contribution in [0.15, 0.2) is 42.0 Å². The van der Waals surface area contributed by atoms with E-state index in [2.05, 4.69) is 10.0 Å². The Kier molecular flexibility index (Phi) is 4.06. The third kappa shape index (κ3) is 3.00. The van der Waals surface area contributed by atoms with Gasteiger partial charge in [0.2, 0.25) is 0 Å². The van der Waals surface area contributed by atoms with Crippen LogP contribution in [0, 0.1) is 6.92 Å². The number of hydrogen-bond acceptors (Lipinski definition) is 6. The Labute approximate surface area is 152 Å². The van der Waals surface area contributed by atoms with E-state index < -0.39 is 16.5 Å². The van der Waals surface area contributed by atoms with Crippen LogP contribution in [0.1, 0.15) is 24.0 Å². The van der Waals surface area contributed by atoms with Gasteiger partial charge in [0.15, 0.2) is 5.75 Å². The molecule has 1 aromatic carbocycles. The molecular formula is C18H20N2O5S. The maximum atomic E-state index is 11.4. The Morgan fingerprint density at radius 1 is 1.12 bits per heavy atom. The van der Waals surface area contributed by atoms with Crippen LogP contribution in [0.5, 0.6) is 5.75 Å². The Morgan fingerprint density at radius 2 is 1.77 bits per heavy atom. The molecule has 3 aliphatic rings. The topological polar surface area (TPSA) is 90.3 Å². The first kappa shape index (κ1) is 17.1. The van der Waals surface area contributed by atoms with Crippen LogP contribution in [0.25, 0.3) is 5.70 Å². The number of benzene rings is 1. The van der Waals surface area contributed by atoms with Crippen LogP contribution < -0.4 is 9.19 Å². The normalized spacial score (nSPS) is 21.9. The minimum atomic E-state index is -4.65. The average Bonchev–Trinajstić information content (AvgIpc) is 2.89. The molecule has 0 unspecified atom stereocenters. The highest BCUT2D eigenvalue weighted by molar-refractivity contribution is 7.81. The van der Waals surface area contributed by atoms with Crippen molar-refractivity contribution in [2.45, 2.75) is 25.9 Å². The third-order valence-corrected chi connectivity index (χ3v) is 5.08. The summed E-state index contributed by atoms with van der Waals surface area (Å²) in [5.41, 5.74) is 4.00. The Morgan fingerprint density at radius 3 is 2.42 bits per heavy atom. The molecular weight excluding hydrogens is 356 g/mol. The van der Waals surface area contributed by atoms with Gasteiger partial charge in [0.1, 0.15) is 0 Å². The first-order valence-electron chi connectivity index (χ1n) is 8.49. The molecule has 1 saturated heterocycles. The third-order valence-electron chi connectivity index (χ3n) is 4.69. The number of allylic oxidation sites excluding steroid dienone is 3. The number of aliphatic hydroxyl groups excluding tert-OH is 1. The van der Waals surface area contributed by atoms with Gasteiger partial charge in [0, 0.05) is 18.7 Å². The van der Waals surface area contributed by atoms with E-state index in [4.69, 9.17) is 4.18 Å². The number of nitrogens with zero attached hydrogens (tertiary/aromatic N) is 2. The van der Waals surface area contributed by atoms with Crippen LogP contribution in [0.4, 0.5) is 5.69 Å². The molecule has 8 heteroatoms. The second-order valence-electron chi connectivity index (χ2n) is 6.63. The fourth-order valence-electron chi connectivity index (χ4n) is 3.71. The molecule has 1 aromatic rings. The van der Waals surface area contributed by atoms with Crippen molar-refractivity contribution < 1.29 is 22.3 Å². The van der Waals surface area contributed by atoms with Crippen LogP contribution >= 0.6 is 0 Å². The van der Waals surface area contributed by atoms with E-state index >= 15 is 0 Å². The lowest BCUT2D eigenvalue weighted by atomic mass is 9.99. The summed E-state index contributed by atoms with van der Waals surface area (Å²) in [5.74, 6) is 0.104. The van der Waals surface area contributed by atoms with Gasteiger partial charge in [-0.05, 0) is 37.5 Å². The molecule has 4 rings (SSSR count). The van der Waals surface area contributed by atoms with Gasteiger partial charge in [-0.25, -0.2) is 0 Å². The SMILES string of the molecule is Cc1cc(OS(=O)(=O)O)c2c(c1)N1CCCCN1C2=C1C=CC(O)C=C1. The number of aliphatic hydroxyl groups is 1. The van der Waals surface area contributed by atoms with E-state index in [0.717, 1.165) is 48.5 Å². The van der Waals surface area contributed by atoms with Crippen molar-refractivity contribution in [1.82, 2.24) is 5.01 Å². The highest BCUT2D eigenvalue weighted by atomic mass is 32.3. The molecule has 0 saturated carbocycles. The average molecular weight is 376 g/mol. The van der Waals surface area contributed by atoms with Crippen LogP contribution in [0.3, 0.4) is 0 Å². The standard InChI is InChI=1S/C18H20N2O5S/c1-12-10-15-17(16(11-12)25-26(22,23)24)18(13-4-6-14(21)7-5-13)20-9-3-2-8-19(15)20/h4-7,10-11,14,21H,2-3,8-9H2,1H3,(H,22,23,24). The number of hydrogen-bond donors (Lipinski definition) is 2. The molecule has 1 aliphatic carbocycles. The van der Waals surface area contributed by atoms with Crippen molar-refractivity contribution in [1.29, 1.82) is 0 Å². The van der Waals surface area contributed by atoms with Gasteiger partial charge in [-0.2, -0.15) is 8.42 Å². The van der Waals surface area contributed by atoms with Crippen LogP contribution in [0.2, 0.25) is 0 Å². The molecule has 0 amide bonds. The van der Waals surface area contributed by atoms with Gasteiger partial charge >= 0.3 is 10.4 Å². The molecule has 26 heavy (non-hydrogen) atoms. The minimum absolute atomic E-state index is 0.104. The lowest BCUT2D eigenvalue weighted by molar-refractivity contribution is 0.270. The first-order chi connectivity index (χ1) is 12.3. The molecule has 2 N–H and O–H groups in total. The highest BCUT2D eigenvalue weighted by Crippen LogP contribution is 2.48. The molecule has 2 aliphatic heterocycles. The van der Waals surface area contributed by atoms with Gasteiger partial charge in [-0.3, -0.25) is 14.6 Å². The van der Waals surface area contributed by atoms with Crippen molar-refractivity contribution in [3.05, 3.63) is 53.1 Å². The van der Waals surface area contributed by atoms with Crippen LogP contribution in [-0.4, -0.2) is 42.3 Å². The van der Waals surface area contributed by atoms with Crippen molar-refractivity contribution in [2.24, 2.45) is 0 Å². The second kappa shape index (κ2) is 6.15. The summed E-state index contributed by atoms with van der Waals surface area (Å²) in [7, 11) is -4.65. The summed E-state index contributed by atoms with van der Waals surface area (Å²) < 4.78 is 36.9. The van der Waals surface area contributed by atoms with E-state index in [1.54, 1.807) is 18.2 Å². The van der Waals surface area contributed by atoms with Crippen molar-refractivity contribution in [2.75, 3.05) is 18.1 Å². The first-order valence-corrected chi connectivity index (χ1v) is 9.86. The van der Waals surface area contributed by atoms with E-state index in [0.29, 0.717) is 5.56 Å². The van der Waals surface area contributed by atoms with E-state index in [9.17, 15) is 18.1 Å². The second-order valence-corrected chi connectivity index (χ2v) is 7.66. The lowest BCUT2D eigenvalue weighted by Crippen LogP contribution is -2.42. The van der Waals surface area contributed by atoms with Gasteiger partial charge in [-0.15, -0.1) is 0 Å². The predicted octanol–water partition coefficient (Wildman–Crippen LogP) is 2.21. The molecule has 0 radical (unpaired) electrons. The maximum Gasteiger partial charge on any atom is 0.446 e. The largest absolute Gasteiger partial charge is 0.446 e. The highest BCUT2D eigenvalue weighted by Gasteiger charge is 2.38. The minimum Gasteiger partial charge on any atom is -0.385 e. The summed E-state index contributed by atoms with van der Waals surface area (Å²) in [6.07, 6.45) is 8.40. The summed E-state index contributed by atoms with van der Waals surface area (Å²) in [6.45, 7) is 3.46. The summed E-state index contributed by atoms with van der Waals surface area (Å²) in [4.78, 5) is 0. The zero-order valence-electron chi connectivity index (χ0n) is 14.3. The summed E-state index contributed by atoms with van der Waals surface area (Å²) in [6, 6.07) is 3.60. The summed E-state index contributed by atoms with van der Waals surface area (Å²) in [5, 5.41) is 13.9. The smallest absolute Gasteiger partial charge is 0.385 e. The molecule has 1 fully saturated rings. The van der Waals surface area contributed by atoms with Gasteiger partial charge in [-0.1, -0.05) is 24.3 Å². The van der Waals surface area contributed by atoms with Gasteiger partial charge < -0.3 is 9.29 Å². The molecule has 0 atom stereocenters. The van der Waals surface area contributed by atoms with Crippen LogP contribution in [-0.2, 0) is 10.4 Å². The molecule has 0 spiro atoms. The molecule has 0 aromatic heterocycles. The summed E-state index contributed by atoms with van der Waals surface area (Å²) >= 11 is 0. The maximum absolute atomic E-state index is 11.4. The Bertz CT molecular complexity index is 933. The number of fused-ring (bicyclic) bond motifs is 3.